The van der Waals surface area contributed by atoms with E-state index in [-0.39, 0.29) is 0 Å². The van der Waals surface area contributed by atoms with Crippen molar-refractivity contribution in [2.45, 2.75) is 59.5 Å². The summed E-state index contributed by atoms with van der Waals surface area (Å²) in [5.41, 5.74) is 0. The second-order valence-corrected chi connectivity index (χ2v) is 4.61. The molecule has 0 spiro atoms. The van der Waals surface area contributed by atoms with E-state index in [0.717, 1.165) is 25.3 Å². The summed E-state index contributed by atoms with van der Waals surface area (Å²) in [6.07, 6.45) is 5.04. The van der Waals surface area contributed by atoms with Crippen LogP contribution >= 0.6 is 0 Å². The van der Waals surface area contributed by atoms with Gasteiger partial charge in [-0.15, -0.1) is 0 Å². The molecule has 0 saturated heterocycles. The van der Waals surface area contributed by atoms with Crippen molar-refractivity contribution in [1.82, 2.24) is 20.1 Å². The molecule has 0 fully saturated rings. The van der Waals surface area contributed by atoms with E-state index in [1.54, 1.807) is 6.33 Å². The molecule has 1 rings (SSSR count). The van der Waals surface area contributed by atoms with Gasteiger partial charge in [0.15, 0.2) is 0 Å². The van der Waals surface area contributed by atoms with E-state index in [1.807, 2.05) is 4.68 Å². The standard InChI is InChI=1S/C13H26N4/c1-5-8-14-11(4)12(6-2)9-13-15-10-16-17(13)7-3/h10-12,14H,5-9H2,1-4H3. The van der Waals surface area contributed by atoms with E-state index in [0.29, 0.717) is 12.0 Å². The first-order valence-corrected chi connectivity index (χ1v) is 6.82. The Morgan fingerprint density at radius 1 is 1.35 bits per heavy atom. The zero-order valence-electron chi connectivity index (χ0n) is 11.6. The maximum atomic E-state index is 4.36. The van der Waals surface area contributed by atoms with Crippen molar-refractivity contribution >= 4 is 0 Å². The van der Waals surface area contributed by atoms with E-state index in [2.05, 4.69) is 43.1 Å². The molecule has 0 radical (unpaired) electrons. The second-order valence-electron chi connectivity index (χ2n) is 4.61. The second kappa shape index (κ2) is 7.43. The molecule has 4 heteroatoms. The van der Waals surface area contributed by atoms with Crippen molar-refractivity contribution < 1.29 is 0 Å². The molecule has 0 aromatic carbocycles. The summed E-state index contributed by atoms with van der Waals surface area (Å²) in [6, 6.07) is 0.543. The molecule has 1 N–H and O–H groups in total. The molecule has 0 aliphatic heterocycles. The van der Waals surface area contributed by atoms with Gasteiger partial charge in [0.05, 0.1) is 0 Å². The van der Waals surface area contributed by atoms with Gasteiger partial charge in [0.25, 0.3) is 0 Å². The fraction of sp³-hybridized carbons (Fsp3) is 0.846. The van der Waals surface area contributed by atoms with E-state index >= 15 is 0 Å². The molecule has 0 aliphatic rings. The van der Waals surface area contributed by atoms with Crippen molar-refractivity contribution in [3.8, 4) is 0 Å². The summed E-state index contributed by atoms with van der Waals surface area (Å²) >= 11 is 0. The Balaban J connectivity index is 2.56. The topological polar surface area (TPSA) is 42.7 Å². The number of aromatic nitrogens is 3. The Bertz CT molecular complexity index is 308. The van der Waals surface area contributed by atoms with Crippen molar-refractivity contribution in [3.05, 3.63) is 12.2 Å². The van der Waals surface area contributed by atoms with Crippen LogP contribution in [0.25, 0.3) is 0 Å². The average Bonchev–Trinajstić information content (AvgIpc) is 2.80. The summed E-state index contributed by atoms with van der Waals surface area (Å²) in [6.45, 7) is 10.8. The van der Waals surface area contributed by atoms with Crippen LogP contribution in [0, 0.1) is 5.92 Å². The Hall–Kier alpha value is -0.900. The Morgan fingerprint density at radius 2 is 2.12 bits per heavy atom. The zero-order valence-corrected chi connectivity index (χ0v) is 11.6. The van der Waals surface area contributed by atoms with Gasteiger partial charge in [-0.25, -0.2) is 4.98 Å². The van der Waals surface area contributed by atoms with Crippen molar-refractivity contribution in [2.75, 3.05) is 6.54 Å². The van der Waals surface area contributed by atoms with Crippen LogP contribution in [-0.2, 0) is 13.0 Å². The van der Waals surface area contributed by atoms with Gasteiger partial charge in [0.1, 0.15) is 12.2 Å². The van der Waals surface area contributed by atoms with Gasteiger partial charge in [-0.3, -0.25) is 4.68 Å². The fourth-order valence-electron chi connectivity index (χ4n) is 2.16. The third-order valence-electron chi connectivity index (χ3n) is 3.39. The van der Waals surface area contributed by atoms with Crippen LogP contribution < -0.4 is 5.32 Å². The molecule has 0 bridgehead atoms. The largest absolute Gasteiger partial charge is 0.314 e. The highest BCUT2D eigenvalue weighted by Gasteiger charge is 2.17. The minimum absolute atomic E-state index is 0.543. The summed E-state index contributed by atoms with van der Waals surface area (Å²) in [5, 5.41) is 7.80. The smallest absolute Gasteiger partial charge is 0.138 e. The molecule has 2 atom stereocenters. The summed E-state index contributed by atoms with van der Waals surface area (Å²) in [7, 11) is 0. The highest BCUT2D eigenvalue weighted by atomic mass is 15.3. The van der Waals surface area contributed by atoms with E-state index < -0.39 is 0 Å². The Labute approximate surface area is 105 Å². The maximum Gasteiger partial charge on any atom is 0.138 e. The van der Waals surface area contributed by atoms with Crippen LogP contribution in [0.3, 0.4) is 0 Å². The van der Waals surface area contributed by atoms with Gasteiger partial charge in [0, 0.05) is 19.0 Å². The monoisotopic (exact) mass is 238 g/mol. The minimum atomic E-state index is 0.543. The lowest BCUT2D eigenvalue weighted by Crippen LogP contribution is -2.35. The third-order valence-corrected chi connectivity index (χ3v) is 3.39. The first-order chi connectivity index (χ1) is 8.22. The van der Waals surface area contributed by atoms with Crippen LogP contribution in [-0.4, -0.2) is 27.4 Å². The molecule has 2 unspecified atom stereocenters. The first kappa shape index (κ1) is 14.2. The lowest BCUT2D eigenvalue weighted by atomic mass is 9.94. The number of nitrogens with one attached hydrogen (secondary N) is 1. The first-order valence-electron chi connectivity index (χ1n) is 6.82. The molecular weight excluding hydrogens is 212 g/mol. The Kier molecular flexibility index (Phi) is 6.19. The molecule has 1 heterocycles. The van der Waals surface area contributed by atoms with Crippen LogP contribution in [0.2, 0.25) is 0 Å². The van der Waals surface area contributed by atoms with Gasteiger partial charge in [0.2, 0.25) is 0 Å². The molecule has 0 aliphatic carbocycles. The number of rotatable bonds is 8. The molecule has 0 amide bonds. The molecule has 17 heavy (non-hydrogen) atoms. The average molecular weight is 238 g/mol. The van der Waals surface area contributed by atoms with E-state index in [4.69, 9.17) is 0 Å². The fourth-order valence-corrected chi connectivity index (χ4v) is 2.16. The molecule has 98 valence electrons. The van der Waals surface area contributed by atoms with Crippen LogP contribution in [0.1, 0.15) is 46.4 Å². The quantitative estimate of drug-likeness (QED) is 0.755. The summed E-state index contributed by atoms with van der Waals surface area (Å²) in [4.78, 5) is 4.36. The lowest BCUT2D eigenvalue weighted by molar-refractivity contribution is 0.351. The molecule has 1 aromatic rings. The predicted molar refractivity (Wildman–Crippen MR) is 70.9 cm³/mol. The number of aryl methyl sites for hydroxylation is 1. The van der Waals surface area contributed by atoms with Gasteiger partial charge < -0.3 is 5.32 Å². The van der Waals surface area contributed by atoms with Crippen LogP contribution in [0.4, 0.5) is 0 Å². The van der Waals surface area contributed by atoms with Gasteiger partial charge in [-0.05, 0) is 32.7 Å². The van der Waals surface area contributed by atoms with Crippen molar-refractivity contribution in [1.29, 1.82) is 0 Å². The third kappa shape index (κ3) is 4.11. The molecular formula is C13H26N4. The highest BCUT2D eigenvalue weighted by molar-refractivity contribution is 4.89. The predicted octanol–water partition coefficient (Wildman–Crippen LogP) is 2.25. The van der Waals surface area contributed by atoms with E-state index in [9.17, 15) is 0 Å². The van der Waals surface area contributed by atoms with Gasteiger partial charge >= 0.3 is 0 Å². The van der Waals surface area contributed by atoms with Gasteiger partial charge in [-0.1, -0.05) is 20.3 Å². The zero-order chi connectivity index (χ0) is 12.7. The minimum Gasteiger partial charge on any atom is -0.314 e. The lowest BCUT2D eigenvalue weighted by Gasteiger charge is -2.23. The van der Waals surface area contributed by atoms with Crippen molar-refractivity contribution in [3.63, 3.8) is 0 Å². The molecule has 0 saturated carbocycles. The normalized spacial score (nSPS) is 14.8. The summed E-state index contributed by atoms with van der Waals surface area (Å²) in [5.74, 6) is 1.75. The maximum absolute atomic E-state index is 4.36. The highest BCUT2D eigenvalue weighted by Crippen LogP contribution is 2.14. The van der Waals surface area contributed by atoms with Gasteiger partial charge in [-0.2, -0.15) is 5.10 Å². The summed E-state index contributed by atoms with van der Waals surface area (Å²) < 4.78 is 2.00. The molecule has 1 aromatic heterocycles. The Morgan fingerprint density at radius 3 is 2.71 bits per heavy atom. The SMILES string of the molecule is CCCNC(C)C(CC)Cc1ncnn1CC. The van der Waals surface area contributed by atoms with E-state index in [1.165, 1.54) is 12.8 Å². The number of nitrogens with zero attached hydrogens (tertiary/aromatic N) is 3. The number of hydrogen-bond donors (Lipinski definition) is 1. The number of hydrogen-bond acceptors (Lipinski definition) is 3. The van der Waals surface area contributed by atoms with Crippen molar-refractivity contribution in [2.24, 2.45) is 5.92 Å². The van der Waals surface area contributed by atoms with Crippen LogP contribution in [0.5, 0.6) is 0 Å². The van der Waals surface area contributed by atoms with Crippen LogP contribution in [0.15, 0.2) is 6.33 Å². The molecule has 4 nitrogen and oxygen atoms in total.